The third-order valence-corrected chi connectivity index (χ3v) is 11.5. The van der Waals surface area contributed by atoms with Gasteiger partial charge in [0, 0.05) is 13.1 Å². The molecule has 2 unspecified atom stereocenters. The molecule has 9 heteroatoms. The second-order valence-corrected chi connectivity index (χ2v) is 16.8. The molecule has 0 aliphatic heterocycles. The highest BCUT2D eigenvalue weighted by Crippen LogP contribution is 2.23. The normalized spacial score (nSPS) is 15.4. The summed E-state index contributed by atoms with van der Waals surface area (Å²) >= 11 is 0. The van der Waals surface area contributed by atoms with Crippen LogP contribution < -0.4 is 10.6 Å². The highest BCUT2D eigenvalue weighted by molar-refractivity contribution is 6.84. The third-order valence-electron chi connectivity index (χ3n) is 4.00. The van der Waals surface area contributed by atoms with E-state index in [2.05, 4.69) is 36.8 Å². The topological polar surface area (TPSA) is 114 Å². The molecule has 152 valence electrons. The Kier molecular flexibility index (Phi) is 13.4. The number of nitrogens with one attached hydrogen (secondary N) is 2. The Morgan fingerprint density at radius 2 is 1.12 bits per heavy atom. The summed E-state index contributed by atoms with van der Waals surface area (Å²) < 4.78 is 6.57. The quantitative estimate of drug-likeness (QED) is 0.162. The lowest BCUT2D eigenvalue weighted by molar-refractivity contribution is 0.0946. The van der Waals surface area contributed by atoms with E-state index in [1.165, 1.54) is 0 Å². The van der Waals surface area contributed by atoms with E-state index in [1.54, 1.807) is 0 Å². The van der Waals surface area contributed by atoms with Crippen molar-refractivity contribution < 1.29 is 24.5 Å². The van der Waals surface area contributed by atoms with Gasteiger partial charge in [0.25, 0.3) is 0 Å². The van der Waals surface area contributed by atoms with Crippen LogP contribution in [0.15, 0.2) is 0 Å². The minimum atomic E-state index is -1.70. The predicted molar refractivity (Wildman–Crippen MR) is 107 cm³/mol. The third kappa shape index (κ3) is 15.0. The van der Waals surface area contributed by atoms with Crippen molar-refractivity contribution in [1.29, 1.82) is 0 Å². The molecule has 25 heavy (non-hydrogen) atoms. The van der Waals surface area contributed by atoms with Gasteiger partial charge in [-0.15, -0.1) is 0 Å². The zero-order valence-electron chi connectivity index (χ0n) is 16.4. The van der Waals surface area contributed by atoms with Gasteiger partial charge >= 0.3 is 0 Å². The fraction of sp³-hybridized carbons (Fsp3) is 1.00. The molecule has 0 aromatic carbocycles. The summed E-state index contributed by atoms with van der Waals surface area (Å²) in [4.78, 5) is 0. The zero-order valence-corrected chi connectivity index (χ0v) is 18.4. The second-order valence-electron chi connectivity index (χ2n) is 7.91. The first-order chi connectivity index (χ1) is 11.6. The Morgan fingerprint density at radius 3 is 1.44 bits per heavy atom. The van der Waals surface area contributed by atoms with E-state index in [4.69, 9.17) is 14.3 Å². The molecule has 0 amide bonds. The Labute approximate surface area is 155 Å². The largest absolute Gasteiger partial charge is 0.455 e. The van der Waals surface area contributed by atoms with E-state index in [-0.39, 0.29) is 13.2 Å². The molecule has 0 radical (unpaired) electrons. The first-order valence-corrected chi connectivity index (χ1v) is 15.5. The first kappa shape index (κ1) is 25.2. The van der Waals surface area contributed by atoms with Crippen molar-refractivity contribution in [3.63, 3.8) is 0 Å². The first-order valence-electron chi connectivity index (χ1n) is 9.31. The SMILES string of the molecule is C[Si](C)(CCCNCC(O)CO)O[Si](C)(C)CCCNCC(O)CO. The van der Waals surface area contributed by atoms with Crippen LogP contribution in [-0.2, 0) is 4.12 Å². The molecule has 2 atom stereocenters. The highest BCUT2D eigenvalue weighted by atomic mass is 28.4. The van der Waals surface area contributed by atoms with Gasteiger partial charge in [-0.05, 0) is 64.2 Å². The minimum Gasteiger partial charge on any atom is -0.455 e. The summed E-state index contributed by atoms with van der Waals surface area (Å²) in [6, 6.07) is 2.15. The minimum absolute atomic E-state index is 0.204. The van der Waals surface area contributed by atoms with Gasteiger partial charge in [0.1, 0.15) is 0 Å². The summed E-state index contributed by atoms with van der Waals surface area (Å²) in [6.45, 7) is 11.2. The predicted octanol–water partition coefficient (Wildman–Crippen LogP) is 0.0790. The highest BCUT2D eigenvalue weighted by Gasteiger charge is 2.32. The van der Waals surface area contributed by atoms with Gasteiger partial charge in [-0.2, -0.15) is 0 Å². The molecule has 0 rings (SSSR count). The standard InChI is InChI=1S/C16H40N2O5Si2/c1-24(2,9-5-7-17-11-15(21)13-19)23-25(3,4)10-6-8-18-12-16(22)14-20/h15-22H,5-14H2,1-4H3. The molecule has 6 N–H and O–H groups in total. The lowest BCUT2D eigenvalue weighted by Gasteiger charge is -2.34. The van der Waals surface area contributed by atoms with Crippen LogP contribution in [0, 0.1) is 0 Å². The van der Waals surface area contributed by atoms with Crippen LogP contribution >= 0.6 is 0 Å². The number of aliphatic hydroxyl groups excluding tert-OH is 4. The molecular weight excluding hydrogens is 356 g/mol. The van der Waals surface area contributed by atoms with Crippen molar-refractivity contribution >= 4 is 16.6 Å². The van der Waals surface area contributed by atoms with Crippen LogP contribution in [-0.4, -0.2) is 88.7 Å². The molecule has 0 aliphatic rings. The number of aliphatic hydroxyl groups is 4. The van der Waals surface area contributed by atoms with E-state index in [9.17, 15) is 10.2 Å². The van der Waals surface area contributed by atoms with E-state index in [0.29, 0.717) is 13.1 Å². The van der Waals surface area contributed by atoms with Gasteiger partial charge in [0.2, 0.25) is 0 Å². The maximum atomic E-state index is 9.28. The Hall–Kier alpha value is 0.154. The van der Waals surface area contributed by atoms with Crippen LogP contribution in [0.2, 0.25) is 38.3 Å². The Balaban J connectivity index is 3.91. The summed E-state index contributed by atoms with van der Waals surface area (Å²) in [5, 5.41) is 42.4. The van der Waals surface area contributed by atoms with Crippen LogP contribution in [0.25, 0.3) is 0 Å². The molecule has 0 saturated carbocycles. The van der Waals surface area contributed by atoms with Crippen molar-refractivity contribution in [1.82, 2.24) is 10.6 Å². The van der Waals surface area contributed by atoms with Crippen LogP contribution in [0.5, 0.6) is 0 Å². The number of rotatable bonds is 16. The van der Waals surface area contributed by atoms with Gasteiger partial charge in [0.15, 0.2) is 16.6 Å². The Morgan fingerprint density at radius 1 is 0.760 bits per heavy atom. The molecule has 0 fully saturated rings. The summed E-state index contributed by atoms with van der Waals surface area (Å²) in [6.07, 6.45) is 0.671. The molecule has 0 aromatic rings. The van der Waals surface area contributed by atoms with Crippen molar-refractivity contribution in [2.75, 3.05) is 39.4 Å². The smallest absolute Gasteiger partial charge is 0.173 e. The molecular formula is C16H40N2O5Si2. The lowest BCUT2D eigenvalue weighted by Crippen LogP contribution is -2.45. The monoisotopic (exact) mass is 396 g/mol. The maximum absolute atomic E-state index is 9.28. The number of hydrogen-bond acceptors (Lipinski definition) is 7. The molecule has 0 aliphatic carbocycles. The van der Waals surface area contributed by atoms with Crippen LogP contribution in [0.3, 0.4) is 0 Å². The van der Waals surface area contributed by atoms with Gasteiger partial charge in [-0.25, -0.2) is 0 Å². The zero-order chi connectivity index (χ0) is 19.3. The van der Waals surface area contributed by atoms with E-state index in [0.717, 1.165) is 38.0 Å². The average Bonchev–Trinajstić information content (AvgIpc) is 2.52. The summed E-state index contributed by atoms with van der Waals surface area (Å²) in [7, 11) is -3.40. The molecule has 0 bridgehead atoms. The fourth-order valence-corrected chi connectivity index (χ4v) is 11.7. The summed E-state index contributed by atoms with van der Waals surface area (Å²) in [5.41, 5.74) is 0. The van der Waals surface area contributed by atoms with Gasteiger partial charge < -0.3 is 35.2 Å². The molecule has 7 nitrogen and oxygen atoms in total. The van der Waals surface area contributed by atoms with Crippen LogP contribution in [0.1, 0.15) is 12.8 Å². The van der Waals surface area contributed by atoms with E-state index < -0.39 is 28.8 Å². The van der Waals surface area contributed by atoms with Crippen LogP contribution in [0.4, 0.5) is 0 Å². The second kappa shape index (κ2) is 13.3. The summed E-state index contributed by atoms with van der Waals surface area (Å²) in [5.74, 6) is 0. The average molecular weight is 397 g/mol. The van der Waals surface area contributed by atoms with Crippen molar-refractivity contribution in [3.05, 3.63) is 0 Å². The Bertz CT molecular complexity index is 306. The molecule has 0 aromatic heterocycles. The molecule has 0 saturated heterocycles. The molecule has 0 spiro atoms. The van der Waals surface area contributed by atoms with E-state index in [1.807, 2.05) is 0 Å². The van der Waals surface area contributed by atoms with Crippen molar-refractivity contribution in [2.24, 2.45) is 0 Å². The van der Waals surface area contributed by atoms with Gasteiger partial charge in [-0.1, -0.05) is 0 Å². The number of hydrogen-bond donors (Lipinski definition) is 6. The van der Waals surface area contributed by atoms with Gasteiger partial charge in [0.05, 0.1) is 25.4 Å². The van der Waals surface area contributed by atoms with Gasteiger partial charge in [-0.3, -0.25) is 0 Å². The molecule has 0 heterocycles. The fourth-order valence-electron chi connectivity index (χ4n) is 2.79. The maximum Gasteiger partial charge on any atom is 0.173 e. The van der Waals surface area contributed by atoms with Crippen molar-refractivity contribution in [2.45, 2.75) is 63.3 Å². The van der Waals surface area contributed by atoms with E-state index >= 15 is 0 Å². The van der Waals surface area contributed by atoms with Crippen molar-refractivity contribution in [3.8, 4) is 0 Å². The lowest BCUT2D eigenvalue weighted by atomic mass is 10.3.